The number of carbonyl (C=O) groups is 2. The second-order valence-electron chi connectivity index (χ2n) is 4.26. The maximum Gasteiger partial charge on any atom is 0.243 e. The van der Waals surface area contributed by atoms with Crippen molar-refractivity contribution in [2.24, 2.45) is 5.73 Å². The normalized spacial score (nSPS) is 18.5. The number of hydrogen-bond donors (Lipinski definition) is 2. The van der Waals surface area contributed by atoms with Gasteiger partial charge in [0.25, 0.3) is 0 Å². The zero-order chi connectivity index (χ0) is 12.9. The first-order chi connectivity index (χ1) is 8.03. The van der Waals surface area contributed by atoms with Crippen molar-refractivity contribution >= 4 is 11.8 Å². The maximum absolute atomic E-state index is 12.3. The van der Waals surface area contributed by atoms with Crippen LogP contribution in [0, 0.1) is 0 Å². The van der Waals surface area contributed by atoms with Crippen LogP contribution in [0.1, 0.15) is 19.8 Å². The van der Waals surface area contributed by atoms with Crippen LogP contribution in [0.3, 0.4) is 0 Å². The van der Waals surface area contributed by atoms with Crippen LogP contribution in [-0.2, 0) is 14.3 Å². The zero-order valence-corrected chi connectivity index (χ0v) is 10.5. The molecule has 1 aliphatic heterocycles. The lowest BCUT2D eigenvalue weighted by Crippen LogP contribution is -2.59. The van der Waals surface area contributed by atoms with Crippen LogP contribution in [0.25, 0.3) is 0 Å². The highest BCUT2D eigenvalue weighted by atomic mass is 16.5. The van der Waals surface area contributed by atoms with E-state index in [4.69, 9.17) is 10.5 Å². The van der Waals surface area contributed by atoms with E-state index < -0.39 is 5.54 Å². The standard InChI is InChI=1S/C11H21N3O3/c1-3-14(8-9(15)13-2)10(16)11(12)4-6-17-7-5-11/h3-8,12H2,1-2H3,(H,13,15). The molecule has 0 spiro atoms. The van der Waals surface area contributed by atoms with E-state index in [2.05, 4.69) is 5.32 Å². The Bertz CT molecular complexity index is 288. The summed E-state index contributed by atoms with van der Waals surface area (Å²) in [6.45, 7) is 3.38. The summed E-state index contributed by atoms with van der Waals surface area (Å²) in [4.78, 5) is 25.1. The molecule has 2 amide bonds. The Morgan fingerprint density at radius 3 is 2.47 bits per heavy atom. The summed E-state index contributed by atoms with van der Waals surface area (Å²) in [5.74, 6) is -0.345. The number of hydrogen-bond acceptors (Lipinski definition) is 4. The third-order valence-corrected chi connectivity index (χ3v) is 3.09. The highest BCUT2D eigenvalue weighted by Gasteiger charge is 2.38. The second kappa shape index (κ2) is 5.97. The molecule has 98 valence electrons. The van der Waals surface area contributed by atoms with Gasteiger partial charge < -0.3 is 20.7 Å². The van der Waals surface area contributed by atoms with Gasteiger partial charge in [0.1, 0.15) is 0 Å². The van der Waals surface area contributed by atoms with E-state index in [1.54, 1.807) is 7.05 Å². The maximum atomic E-state index is 12.3. The monoisotopic (exact) mass is 243 g/mol. The first kappa shape index (κ1) is 13.9. The Labute approximate surface area is 101 Å². The van der Waals surface area contributed by atoms with Gasteiger partial charge in [0, 0.05) is 26.8 Å². The lowest BCUT2D eigenvalue weighted by Gasteiger charge is -2.36. The average molecular weight is 243 g/mol. The van der Waals surface area contributed by atoms with Crippen molar-refractivity contribution in [2.45, 2.75) is 25.3 Å². The summed E-state index contributed by atoms with van der Waals surface area (Å²) in [5, 5.41) is 2.50. The van der Waals surface area contributed by atoms with Crippen LogP contribution in [0.2, 0.25) is 0 Å². The van der Waals surface area contributed by atoms with E-state index in [1.807, 2.05) is 6.92 Å². The van der Waals surface area contributed by atoms with Gasteiger partial charge >= 0.3 is 0 Å². The molecule has 17 heavy (non-hydrogen) atoms. The Balaban J connectivity index is 2.67. The molecule has 0 aliphatic carbocycles. The third-order valence-electron chi connectivity index (χ3n) is 3.09. The number of ether oxygens (including phenoxy) is 1. The summed E-state index contributed by atoms with van der Waals surface area (Å²) < 4.78 is 5.20. The largest absolute Gasteiger partial charge is 0.381 e. The Kier molecular flexibility index (Phi) is 4.89. The first-order valence-corrected chi connectivity index (χ1v) is 5.90. The highest BCUT2D eigenvalue weighted by Crippen LogP contribution is 2.20. The van der Waals surface area contributed by atoms with Crippen molar-refractivity contribution in [1.82, 2.24) is 10.2 Å². The smallest absolute Gasteiger partial charge is 0.243 e. The SMILES string of the molecule is CCN(CC(=O)NC)C(=O)C1(N)CCOCC1. The van der Waals surface area contributed by atoms with Gasteiger partial charge in [-0.1, -0.05) is 0 Å². The summed E-state index contributed by atoms with van der Waals surface area (Å²) in [6.07, 6.45) is 1.02. The van der Waals surface area contributed by atoms with Gasteiger partial charge in [0.15, 0.2) is 0 Å². The average Bonchev–Trinajstić information content (AvgIpc) is 2.35. The molecule has 0 aromatic heterocycles. The molecule has 6 nitrogen and oxygen atoms in total. The topological polar surface area (TPSA) is 84.7 Å². The number of carbonyl (C=O) groups excluding carboxylic acids is 2. The molecule has 0 saturated carbocycles. The van der Waals surface area contributed by atoms with Crippen molar-refractivity contribution in [3.8, 4) is 0 Å². The van der Waals surface area contributed by atoms with Gasteiger partial charge in [0.2, 0.25) is 11.8 Å². The third kappa shape index (κ3) is 3.41. The Morgan fingerprint density at radius 1 is 1.41 bits per heavy atom. The minimum absolute atomic E-state index is 0.0612. The first-order valence-electron chi connectivity index (χ1n) is 5.90. The number of nitrogens with zero attached hydrogens (tertiary/aromatic N) is 1. The van der Waals surface area contributed by atoms with Crippen molar-refractivity contribution in [1.29, 1.82) is 0 Å². The Hall–Kier alpha value is -1.14. The molecule has 0 bridgehead atoms. The van der Waals surface area contributed by atoms with E-state index in [1.165, 1.54) is 4.90 Å². The van der Waals surface area contributed by atoms with Crippen molar-refractivity contribution in [2.75, 3.05) is 33.4 Å². The molecule has 0 aromatic carbocycles. The minimum atomic E-state index is -0.873. The number of nitrogens with two attached hydrogens (primary N) is 1. The van der Waals surface area contributed by atoms with Crippen molar-refractivity contribution < 1.29 is 14.3 Å². The molecule has 0 aromatic rings. The van der Waals surface area contributed by atoms with E-state index in [0.29, 0.717) is 32.6 Å². The minimum Gasteiger partial charge on any atom is -0.381 e. The molecular formula is C11H21N3O3. The molecule has 1 aliphatic rings. The molecule has 0 atom stereocenters. The summed E-state index contributed by atoms with van der Waals surface area (Å²) in [6, 6.07) is 0. The van der Waals surface area contributed by atoms with E-state index >= 15 is 0 Å². The predicted molar refractivity (Wildman–Crippen MR) is 63.3 cm³/mol. The molecule has 6 heteroatoms. The molecule has 3 N–H and O–H groups in total. The van der Waals surface area contributed by atoms with Crippen molar-refractivity contribution in [3.05, 3.63) is 0 Å². The van der Waals surface area contributed by atoms with Gasteiger partial charge in [-0.25, -0.2) is 0 Å². The van der Waals surface area contributed by atoms with Crippen LogP contribution < -0.4 is 11.1 Å². The number of rotatable bonds is 4. The molecule has 0 unspecified atom stereocenters. The number of amides is 2. The molecule has 1 heterocycles. The Morgan fingerprint density at radius 2 is 2.00 bits per heavy atom. The van der Waals surface area contributed by atoms with Crippen molar-refractivity contribution in [3.63, 3.8) is 0 Å². The molecule has 1 rings (SSSR count). The fourth-order valence-electron chi connectivity index (χ4n) is 1.84. The lowest BCUT2D eigenvalue weighted by molar-refractivity contribution is -0.143. The highest BCUT2D eigenvalue weighted by molar-refractivity contribution is 5.90. The van der Waals surface area contributed by atoms with Crippen LogP contribution in [0.15, 0.2) is 0 Å². The quantitative estimate of drug-likeness (QED) is 0.669. The predicted octanol–water partition coefficient (Wildman–Crippen LogP) is -0.911. The van der Waals surface area contributed by atoms with Crippen LogP contribution in [0.5, 0.6) is 0 Å². The second-order valence-corrected chi connectivity index (χ2v) is 4.26. The van der Waals surface area contributed by atoms with Crippen LogP contribution in [0.4, 0.5) is 0 Å². The summed E-state index contributed by atoms with van der Waals surface area (Å²) >= 11 is 0. The fourth-order valence-corrected chi connectivity index (χ4v) is 1.84. The molecule has 0 radical (unpaired) electrons. The van der Waals surface area contributed by atoms with Crippen LogP contribution in [-0.4, -0.2) is 55.6 Å². The van der Waals surface area contributed by atoms with Gasteiger partial charge in [-0.05, 0) is 19.8 Å². The molecule has 1 saturated heterocycles. The lowest BCUT2D eigenvalue weighted by atomic mass is 9.89. The summed E-state index contributed by atoms with van der Waals surface area (Å²) in [5.41, 5.74) is 5.22. The van der Waals surface area contributed by atoms with Gasteiger partial charge in [0.05, 0.1) is 12.1 Å². The summed E-state index contributed by atoms with van der Waals surface area (Å²) in [7, 11) is 1.55. The zero-order valence-electron chi connectivity index (χ0n) is 10.5. The van der Waals surface area contributed by atoms with E-state index in [0.717, 1.165) is 0 Å². The van der Waals surface area contributed by atoms with E-state index in [9.17, 15) is 9.59 Å². The van der Waals surface area contributed by atoms with Crippen LogP contribution >= 0.6 is 0 Å². The van der Waals surface area contributed by atoms with E-state index in [-0.39, 0.29) is 18.4 Å². The van der Waals surface area contributed by atoms with Gasteiger partial charge in [-0.15, -0.1) is 0 Å². The van der Waals surface area contributed by atoms with Gasteiger partial charge in [-0.2, -0.15) is 0 Å². The molecular weight excluding hydrogens is 222 g/mol. The van der Waals surface area contributed by atoms with Gasteiger partial charge in [-0.3, -0.25) is 9.59 Å². The number of nitrogens with one attached hydrogen (secondary N) is 1. The fraction of sp³-hybridized carbons (Fsp3) is 0.818. The molecule has 1 fully saturated rings. The number of likely N-dealkylation sites (N-methyl/N-ethyl adjacent to an activating group) is 2.